The maximum absolute atomic E-state index is 11.4. The highest BCUT2D eigenvalue weighted by molar-refractivity contribution is 5.69. The van der Waals surface area contributed by atoms with E-state index in [4.69, 9.17) is 14.2 Å². The SMILES string of the molecule is CCCCCC[C@H](CC=CCCCCCCCC(=O)OCCOC)OC(C)=O. The van der Waals surface area contributed by atoms with Crippen LogP contribution in [0, 0.1) is 0 Å². The third kappa shape index (κ3) is 19.4. The van der Waals surface area contributed by atoms with Crippen molar-refractivity contribution >= 4 is 11.9 Å². The highest BCUT2D eigenvalue weighted by Gasteiger charge is 2.09. The van der Waals surface area contributed by atoms with Crippen LogP contribution in [0.4, 0.5) is 0 Å². The molecule has 5 heteroatoms. The van der Waals surface area contributed by atoms with Gasteiger partial charge in [0.2, 0.25) is 0 Å². The van der Waals surface area contributed by atoms with Gasteiger partial charge in [-0.25, -0.2) is 0 Å². The Morgan fingerprint density at radius 2 is 1.61 bits per heavy atom. The molecule has 28 heavy (non-hydrogen) atoms. The van der Waals surface area contributed by atoms with Crippen molar-refractivity contribution in [2.45, 2.75) is 103 Å². The fourth-order valence-electron chi connectivity index (χ4n) is 3.00. The van der Waals surface area contributed by atoms with Crippen molar-refractivity contribution in [3.8, 4) is 0 Å². The molecule has 0 fully saturated rings. The number of carbonyl (C=O) groups is 2. The van der Waals surface area contributed by atoms with Crippen LogP contribution in [-0.4, -0.2) is 38.4 Å². The summed E-state index contributed by atoms with van der Waals surface area (Å²) in [6, 6.07) is 0. The lowest BCUT2D eigenvalue weighted by atomic mass is 10.1. The van der Waals surface area contributed by atoms with Crippen molar-refractivity contribution in [3.05, 3.63) is 12.2 Å². The van der Waals surface area contributed by atoms with Crippen LogP contribution in [0.25, 0.3) is 0 Å². The normalized spacial score (nSPS) is 12.2. The molecule has 0 aliphatic heterocycles. The summed E-state index contributed by atoms with van der Waals surface area (Å²) in [4.78, 5) is 22.7. The van der Waals surface area contributed by atoms with Gasteiger partial charge in [-0.15, -0.1) is 0 Å². The fraction of sp³-hybridized carbons (Fsp3) is 0.826. The number of hydrogen-bond acceptors (Lipinski definition) is 5. The molecule has 0 heterocycles. The monoisotopic (exact) mass is 398 g/mol. The van der Waals surface area contributed by atoms with E-state index in [0.717, 1.165) is 51.4 Å². The third-order valence-electron chi connectivity index (χ3n) is 4.58. The van der Waals surface area contributed by atoms with Crippen molar-refractivity contribution in [3.63, 3.8) is 0 Å². The summed E-state index contributed by atoms with van der Waals surface area (Å²) in [5, 5.41) is 0. The van der Waals surface area contributed by atoms with Crippen molar-refractivity contribution in [2.24, 2.45) is 0 Å². The number of carbonyl (C=O) groups excluding carboxylic acids is 2. The molecule has 0 unspecified atom stereocenters. The van der Waals surface area contributed by atoms with E-state index in [1.807, 2.05) is 0 Å². The van der Waals surface area contributed by atoms with Crippen molar-refractivity contribution in [2.75, 3.05) is 20.3 Å². The molecule has 0 saturated heterocycles. The Bertz CT molecular complexity index is 406. The molecule has 0 saturated carbocycles. The highest BCUT2D eigenvalue weighted by atomic mass is 16.6. The van der Waals surface area contributed by atoms with Crippen molar-refractivity contribution in [1.29, 1.82) is 0 Å². The standard InChI is InChI=1S/C23H42O5/c1-4-5-6-13-16-22(28-21(2)24)17-14-11-9-7-8-10-12-15-18-23(25)27-20-19-26-3/h11,14,22H,4-10,12-13,15-20H2,1-3H3/t22-/m1/s1. The van der Waals surface area contributed by atoms with Crippen LogP contribution in [0.2, 0.25) is 0 Å². The Labute approximate surface area is 172 Å². The Kier molecular flexibility index (Phi) is 19.4. The number of ether oxygens (including phenoxy) is 3. The van der Waals surface area contributed by atoms with Gasteiger partial charge in [-0.05, 0) is 32.1 Å². The average molecular weight is 399 g/mol. The van der Waals surface area contributed by atoms with Gasteiger partial charge in [0.25, 0.3) is 0 Å². The molecule has 0 aliphatic rings. The van der Waals surface area contributed by atoms with E-state index >= 15 is 0 Å². The topological polar surface area (TPSA) is 61.8 Å². The summed E-state index contributed by atoms with van der Waals surface area (Å²) in [6.07, 6.45) is 17.9. The van der Waals surface area contributed by atoms with E-state index < -0.39 is 0 Å². The zero-order valence-corrected chi connectivity index (χ0v) is 18.4. The molecule has 0 amide bonds. The van der Waals surface area contributed by atoms with Crippen LogP contribution in [0.1, 0.15) is 97.3 Å². The van der Waals surface area contributed by atoms with Crippen LogP contribution < -0.4 is 0 Å². The Morgan fingerprint density at radius 1 is 0.893 bits per heavy atom. The van der Waals surface area contributed by atoms with Crippen molar-refractivity contribution < 1.29 is 23.8 Å². The summed E-state index contributed by atoms with van der Waals surface area (Å²) in [5.74, 6) is -0.312. The first-order valence-corrected chi connectivity index (χ1v) is 11.1. The Balaban J connectivity index is 3.64. The van der Waals surface area contributed by atoms with Gasteiger partial charge in [0.15, 0.2) is 0 Å². The Hall–Kier alpha value is -1.36. The number of rotatable bonds is 19. The van der Waals surface area contributed by atoms with E-state index in [1.165, 1.54) is 32.6 Å². The number of unbranched alkanes of at least 4 members (excludes halogenated alkanes) is 8. The van der Waals surface area contributed by atoms with E-state index in [2.05, 4.69) is 19.1 Å². The second kappa shape index (κ2) is 20.4. The van der Waals surface area contributed by atoms with Gasteiger partial charge in [-0.3, -0.25) is 9.59 Å². The van der Waals surface area contributed by atoms with Crippen LogP contribution >= 0.6 is 0 Å². The zero-order valence-electron chi connectivity index (χ0n) is 18.4. The third-order valence-corrected chi connectivity index (χ3v) is 4.58. The molecule has 0 aromatic carbocycles. The van der Waals surface area contributed by atoms with Gasteiger partial charge in [0.1, 0.15) is 12.7 Å². The van der Waals surface area contributed by atoms with E-state index in [0.29, 0.717) is 19.6 Å². The number of hydrogen-bond donors (Lipinski definition) is 0. The Morgan fingerprint density at radius 3 is 2.32 bits per heavy atom. The molecular formula is C23H42O5. The zero-order chi connectivity index (χ0) is 20.9. The number of methoxy groups -OCH3 is 1. The number of esters is 2. The molecule has 0 rings (SSSR count). The minimum Gasteiger partial charge on any atom is -0.463 e. The van der Waals surface area contributed by atoms with E-state index in [-0.39, 0.29) is 18.0 Å². The molecule has 0 aliphatic carbocycles. The quantitative estimate of drug-likeness (QED) is 0.157. The predicted molar refractivity (Wildman–Crippen MR) is 113 cm³/mol. The van der Waals surface area contributed by atoms with Gasteiger partial charge in [-0.2, -0.15) is 0 Å². The lowest BCUT2D eigenvalue weighted by Gasteiger charge is -2.15. The van der Waals surface area contributed by atoms with Crippen LogP contribution in [-0.2, 0) is 23.8 Å². The van der Waals surface area contributed by atoms with Crippen LogP contribution in [0.15, 0.2) is 12.2 Å². The molecule has 0 N–H and O–H groups in total. The first-order valence-electron chi connectivity index (χ1n) is 11.1. The van der Waals surface area contributed by atoms with Gasteiger partial charge < -0.3 is 14.2 Å². The van der Waals surface area contributed by atoms with Gasteiger partial charge in [0, 0.05) is 26.9 Å². The average Bonchev–Trinajstić information content (AvgIpc) is 2.66. The fourth-order valence-corrected chi connectivity index (χ4v) is 3.00. The summed E-state index contributed by atoms with van der Waals surface area (Å²) in [7, 11) is 1.59. The summed E-state index contributed by atoms with van der Waals surface area (Å²) in [6.45, 7) is 4.49. The second-order valence-electron chi connectivity index (χ2n) is 7.31. The largest absolute Gasteiger partial charge is 0.463 e. The van der Waals surface area contributed by atoms with Crippen LogP contribution in [0.3, 0.4) is 0 Å². The molecule has 5 nitrogen and oxygen atoms in total. The second-order valence-corrected chi connectivity index (χ2v) is 7.31. The molecule has 0 aromatic rings. The molecule has 0 bridgehead atoms. The maximum Gasteiger partial charge on any atom is 0.305 e. The molecule has 0 spiro atoms. The van der Waals surface area contributed by atoms with E-state index in [9.17, 15) is 9.59 Å². The summed E-state index contributed by atoms with van der Waals surface area (Å²) in [5.41, 5.74) is 0. The van der Waals surface area contributed by atoms with Gasteiger partial charge in [0.05, 0.1) is 6.61 Å². The first-order chi connectivity index (χ1) is 13.6. The maximum atomic E-state index is 11.4. The lowest BCUT2D eigenvalue weighted by Crippen LogP contribution is -2.15. The van der Waals surface area contributed by atoms with E-state index in [1.54, 1.807) is 7.11 Å². The molecule has 1 atom stereocenters. The van der Waals surface area contributed by atoms with Gasteiger partial charge >= 0.3 is 11.9 Å². The van der Waals surface area contributed by atoms with Crippen LogP contribution in [0.5, 0.6) is 0 Å². The lowest BCUT2D eigenvalue weighted by molar-refractivity contribution is -0.147. The molecular weight excluding hydrogens is 356 g/mol. The highest BCUT2D eigenvalue weighted by Crippen LogP contribution is 2.13. The summed E-state index contributed by atoms with van der Waals surface area (Å²) >= 11 is 0. The summed E-state index contributed by atoms with van der Waals surface area (Å²) < 4.78 is 15.3. The molecule has 0 aromatic heterocycles. The smallest absolute Gasteiger partial charge is 0.305 e. The molecule has 0 radical (unpaired) electrons. The minimum absolute atomic E-state index is 0.0225. The predicted octanol–water partition coefficient (Wildman–Crippen LogP) is 5.76. The van der Waals surface area contributed by atoms with Crippen molar-refractivity contribution in [1.82, 2.24) is 0 Å². The first kappa shape index (κ1) is 26.6. The molecule has 164 valence electrons. The number of allylic oxidation sites excluding steroid dienone is 1. The van der Waals surface area contributed by atoms with Gasteiger partial charge in [-0.1, -0.05) is 57.6 Å². The minimum atomic E-state index is -0.184.